The zero-order valence-corrected chi connectivity index (χ0v) is 21.6. The number of nitrogens with one attached hydrogen (secondary N) is 1. The molecule has 0 spiro atoms. The molecule has 8 nitrogen and oxygen atoms in total. The maximum absolute atomic E-state index is 10.8. The molecular formula is C16H38ClIN4O4S2. The lowest BCUT2D eigenvalue weighted by Gasteiger charge is -2.30. The Morgan fingerprint density at radius 3 is 1.57 bits per heavy atom. The van der Waals surface area contributed by atoms with E-state index in [-0.39, 0.29) is 35.7 Å². The van der Waals surface area contributed by atoms with Crippen LogP contribution in [0, 0.1) is 11.8 Å². The monoisotopic (exact) mass is 576 g/mol. The number of primary sulfonamides is 2. The van der Waals surface area contributed by atoms with Gasteiger partial charge in [-0.3, -0.25) is 0 Å². The molecule has 2 saturated heterocycles. The molecule has 2 rings (SSSR count). The van der Waals surface area contributed by atoms with Gasteiger partial charge in [-0.05, 0) is 74.7 Å². The molecule has 12 heteroatoms. The van der Waals surface area contributed by atoms with Gasteiger partial charge < -0.3 is 10.2 Å². The maximum Gasteiger partial charge on any atom is 0.209 e. The van der Waals surface area contributed by atoms with Crippen LogP contribution in [0.3, 0.4) is 0 Å². The Bertz CT molecular complexity index is 579. The zero-order valence-electron chi connectivity index (χ0n) is 17.0. The van der Waals surface area contributed by atoms with Crippen LogP contribution in [0.5, 0.6) is 0 Å². The van der Waals surface area contributed by atoms with Crippen molar-refractivity contribution in [3.63, 3.8) is 0 Å². The fraction of sp³-hybridized carbons (Fsp3) is 1.00. The van der Waals surface area contributed by atoms with E-state index < -0.39 is 20.0 Å². The summed E-state index contributed by atoms with van der Waals surface area (Å²) in [5.41, 5.74) is 0. The third kappa shape index (κ3) is 18.8. The number of hydrogen-bond donors (Lipinski definition) is 3. The molecule has 0 radical (unpaired) electrons. The molecule has 0 aromatic heterocycles. The van der Waals surface area contributed by atoms with Crippen LogP contribution in [0.25, 0.3) is 0 Å². The normalized spacial score (nSPS) is 19.5. The Kier molecular flexibility index (Phi) is 18.2. The van der Waals surface area contributed by atoms with E-state index in [2.05, 4.69) is 46.7 Å². The van der Waals surface area contributed by atoms with Gasteiger partial charge in [-0.2, -0.15) is 0 Å². The van der Waals surface area contributed by atoms with E-state index in [1.807, 2.05) is 0 Å². The average Bonchev–Trinajstić information content (AvgIpc) is 2.55. The molecule has 172 valence electrons. The van der Waals surface area contributed by atoms with Crippen molar-refractivity contribution in [3.05, 3.63) is 0 Å². The standard InChI is InChI=1S/C8H18N2O2S.C6H14N2O2S.C2H5I.ClH/c1-2-10-5-3-8(4-6-10)7-13(9,11)12;7-11(9,10)5-6-1-3-8-4-2-6;1-2-3;/h8H,2-7H2,1H3,(H2,9,11,12);6,8H,1-5H2,(H2,7,9,10);2H2,1H3;1H. The lowest BCUT2D eigenvalue weighted by atomic mass is 9.99. The molecule has 0 amide bonds. The van der Waals surface area contributed by atoms with Gasteiger partial charge in [0.2, 0.25) is 20.0 Å². The van der Waals surface area contributed by atoms with Crippen LogP contribution < -0.4 is 15.6 Å². The summed E-state index contributed by atoms with van der Waals surface area (Å²) in [5, 5.41) is 13.1. The van der Waals surface area contributed by atoms with Gasteiger partial charge in [0.05, 0.1) is 11.5 Å². The van der Waals surface area contributed by atoms with Crippen molar-refractivity contribution in [1.82, 2.24) is 10.2 Å². The maximum atomic E-state index is 10.8. The van der Waals surface area contributed by atoms with E-state index in [1.54, 1.807) is 0 Å². The Labute approximate surface area is 191 Å². The fourth-order valence-corrected chi connectivity index (χ4v) is 5.16. The summed E-state index contributed by atoms with van der Waals surface area (Å²) in [5.74, 6) is 0.850. The molecule has 0 aromatic rings. The topological polar surface area (TPSA) is 136 Å². The molecule has 0 saturated carbocycles. The highest BCUT2D eigenvalue weighted by Crippen LogP contribution is 2.17. The highest BCUT2D eigenvalue weighted by Gasteiger charge is 2.21. The highest BCUT2D eigenvalue weighted by atomic mass is 127. The summed E-state index contributed by atoms with van der Waals surface area (Å²) < 4.78 is 44.2. The Morgan fingerprint density at radius 2 is 1.25 bits per heavy atom. The first kappa shape index (κ1) is 30.9. The van der Waals surface area contributed by atoms with Crippen molar-refractivity contribution in [3.8, 4) is 0 Å². The predicted octanol–water partition coefficient (Wildman–Crippen LogP) is 1.14. The second-order valence-corrected chi connectivity index (χ2v) is 11.8. The summed E-state index contributed by atoms with van der Waals surface area (Å²) >= 11 is 2.29. The summed E-state index contributed by atoms with van der Waals surface area (Å²) in [6.45, 7) is 9.15. The van der Waals surface area contributed by atoms with Gasteiger partial charge in [-0.25, -0.2) is 27.1 Å². The number of piperidine rings is 2. The molecule has 0 aromatic carbocycles. The van der Waals surface area contributed by atoms with Crippen molar-refractivity contribution in [2.45, 2.75) is 39.5 Å². The lowest BCUT2D eigenvalue weighted by Crippen LogP contribution is -2.36. The van der Waals surface area contributed by atoms with Crippen LogP contribution in [0.2, 0.25) is 0 Å². The Hall–Kier alpha value is 0.760. The molecule has 0 atom stereocenters. The van der Waals surface area contributed by atoms with E-state index in [0.717, 1.165) is 58.4 Å². The van der Waals surface area contributed by atoms with Gasteiger partial charge in [0.15, 0.2) is 0 Å². The lowest BCUT2D eigenvalue weighted by molar-refractivity contribution is 0.202. The third-order valence-corrected chi connectivity index (χ3v) is 6.42. The molecule has 28 heavy (non-hydrogen) atoms. The summed E-state index contributed by atoms with van der Waals surface area (Å²) in [6.07, 6.45) is 3.78. The van der Waals surface area contributed by atoms with Gasteiger partial charge >= 0.3 is 0 Å². The van der Waals surface area contributed by atoms with Crippen LogP contribution >= 0.6 is 35.0 Å². The summed E-state index contributed by atoms with van der Waals surface area (Å²) in [7, 11) is -6.52. The smallest absolute Gasteiger partial charge is 0.209 e. The second kappa shape index (κ2) is 16.5. The van der Waals surface area contributed by atoms with Gasteiger partial charge in [0.25, 0.3) is 0 Å². The third-order valence-electron chi connectivity index (χ3n) is 4.55. The first-order chi connectivity index (χ1) is 12.5. The van der Waals surface area contributed by atoms with Crippen molar-refractivity contribution in [2.24, 2.45) is 22.1 Å². The van der Waals surface area contributed by atoms with Gasteiger partial charge in [-0.15, -0.1) is 12.4 Å². The first-order valence-corrected chi connectivity index (χ1v) is 14.5. The molecule has 5 N–H and O–H groups in total. The number of rotatable bonds is 5. The van der Waals surface area contributed by atoms with Gasteiger partial charge in [0, 0.05) is 0 Å². The van der Waals surface area contributed by atoms with Crippen LogP contribution in [-0.2, 0) is 20.0 Å². The Morgan fingerprint density at radius 1 is 0.893 bits per heavy atom. The molecule has 2 aliphatic heterocycles. The van der Waals surface area contributed by atoms with Crippen LogP contribution in [0.1, 0.15) is 39.5 Å². The summed E-state index contributed by atoms with van der Waals surface area (Å²) in [6, 6.07) is 0. The Balaban J connectivity index is 0. The van der Waals surface area contributed by atoms with E-state index in [1.165, 1.54) is 4.43 Å². The van der Waals surface area contributed by atoms with E-state index in [4.69, 9.17) is 10.3 Å². The zero-order chi connectivity index (χ0) is 20.9. The summed E-state index contributed by atoms with van der Waals surface area (Å²) in [4.78, 5) is 2.33. The quantitative estimate of drug-likeness (QED) is 0.332. The van der Waals surface area contributed by atoms with Crippen molar-refractivity contribution < 1.29 is 16.8 Å². The number of hydrogen-bond acceptors (Lipinski definition) is 6. The fourth-order valence-electron chi connectivity index (χ4n) is 3.17. The van der Waals surface area contributed by atoms with Crippen molar-refractivity contribution >= 4 is 55.0 Å². The van der Waals surface area contributed by atoms with Gasteiger partial charge in [-0.1, -0.05) is 36.4 Å². The number of nitrogens with two attached hydrogens (primary N) is 2. The van der Waals surface area contributed by atoms with Crippen LogP contribution in [0.4, 0.5) is 0 Å². The van der Waals surface area contributed by atoms with E-state index in [9.17, 15) is 16.8 Å². The molecule has 2 fully saturated rings. The minimum atomic E-state index is -3.27. The number of nitrogens with zero attached hydrogens (tertiary/aromatic N) is 1. The van der Waals surface area contributed by atoms with Crippen LogP contribution in [0.15, 0.2) is 0 Å². The molecular weight excluding hydrogens is 539 g/mol. The minimum absolute atomic E-state index is 0. The second-order valence-electron chi connectivity index (χ2n) is 7.00. The van der Waals surface area contributed by atoms with Gasteiger partial charge in [0.1, 0.15) is 0 Å². The number of alkyl halides is 1. The van der Waals surface area contributed by atoms with Crippen molar-refractivity contribution in [1.29, 1.82) is 0 Å². The van der Waals surface area contributed by atoms with E-state index in [0.29, 0.717) is 0 Å². The molecule has 0 aliphatic carbocycles. The average molecular weight is 577 g/mol. The predicted molar refractivity (Wildman–Crippen MR) is 128 cm³/mol. The number of halogens is 2. The van der Waals surface area contributed by atoms with E-state index >= 15 is 0 Å². The largest absolute Gasteiger partial charge is 0.317 e. The highest BCUT2D eigenvalue weighted by molar-refractivity contribution is 14.1. The van der Waals surface area contributed by atoms with Crippen molar-refractivity contribution in [2.75, 3.05) is 48.7 Å². The minimum Gasteiger partial charge on any atom is -0.317 e. The molecule has 2 heterocycles. The SMILES string of the molecule is CCI.CCN1CCC(CS(N)(=O)=O)CC1.Cl.NS(=O)(=O)CC1CCNCC1. The number of sulfonamides is 2. The van der Waals surface area contributed by atoms with Crippen LogP contribution in [-0.4, -0.2) is 70.4 Å². The first-order valence-electron chi connectivity index (χ1n) is 9.50. The number of likely N-dealkylation sites (tertiary alicyclic amines) is 1. The molecule has 0 unspecified atom stereocenters. The molecule has 2 aliphatic rings. The molecule has 0 bridgehead atoms.